The summed E-state index contributed by atoms with van der Waals surface area (Å²) in [4.78, 5) is 20.7. The largest absolute Gasteiger partial charge is 0.497 e. The first-order valence-electron chi connectivity index (χ1n) is 8.97. The Labute approximate surface area is 158 Å². The number of nitrogens with zero attached hydrogens (tertiary/aromatic N) is 3. The summed E-state index contributed by atoms with van der Waals surface area (Å²) in [6.07, 6.45) is 5.64. The topological polar surface area (TPSA) is 97.1 Å². The second-order valence-corrected chi connectivity index (χ2v) is 6.57. The maximum absolute atomic E-state index is 12.5. The lowest BCUT2D eigenvalue weighted by molar-refractivity contribution is 0.116. The third-order valence-corrected chi connectivity index (χ3v) is 4.82. The summed E-state index contributed by atoms with van der Waals surface area (Å²) in [6.45, 7) is 0.166. The molecule has 1 aromatic heterocycles. The van der Waals surface area contributed by atoms with Crippen molar-refractivity contribution < 1.29 is 14.3 Å². The van der Waals surface area contributed by atoms with Gasteiger partial charge in [-0.3, -0.25) is 0 Å². The molecule has 1 aliphatic carbocycles. The third-order valence-electron chi connectivity index (χ3n) is 4.82. The number of hydrogen-bond acceptors (Lipinski definition) is 6. The number of aromatic nitrogens is 2. The van der Waals surface area contributed by atoms with Gasteiger partial charge in [0.05, 0.1) is 18.3 Å². The average Bonchev–Trinajstić information content (AvgIpc) is 2.73. The van der Waals surface area contributed by atoms with E-state index in [1.165, 1.54) is 0 Å². The van der Waals surface area contributed by atoms with Crippen LogP contribution in [0, 0.1) is 11.3 Å². The van der Waals surface area contributed by atoms with Crippen LogP contribution in [0.2, 0.25) is 0 Å². The van der Waals surface area contributed by atoms with Crippen LogP contribution in [-0.2, 0) is 16.9 Å². The van der Waals surface area contributed by atoms with Gasteiger partial charge >= 0.3 is 6.09 Å². The molecule has 0 saturated heterocycles. The van der Waals surface area contributed by atoms with Crippen molar-refractivity contribution in [1.82, 2.24) is 15.3 Å². The quantitative estimate of drug-likeness (QED) is 0.870. The predicted octanol–water partition coefficient (Wildman–Crippen LogP) is 3.44. The zero-order chi connectivity index (χ0) is 19.1. The molecule has 1 saturated carbocycles. The Hall–Kier alpha value is -3.14. The average molecular weight is 366 g/mol. The van der Waals surface area contributed by atoms with E-state index in [1.807, 2.05) is 30.3 Å². The third kappa shape index (κ3) is 4.53. The second kappa shape index (κ2) is 8.49. The number of rotatable bonds is 5. The van der Waals surface area contributed by atoms with Gasteiger partial charge in [-0.25, -0.2) is 14.8 Å². The summed E-state index contributed by atoms with van der Waals surface area (Å²) in [7, 11) is 1.60. The molecule has 1 heterocycles. The van der Waals surface area contributed by atoms with Crippen molar-refractivity contribution in [1.29, 1.82) is 5.26 Å². The lowest BCUT2D eigenvalue weighted by atomic mass is 9.79. The zero-order valence-corrected chi connectivity index (χ0v) is 15.3. The van der Waals surface area contributed by atoms with Gasteiger partial charge in [-0.1, -0.05) is 31.4 Å². The summed E-state index contributed by atoms with van der Waals surface area (Å²) < 4.78 is 10.5. The Bertz CT molecular complexity index is 824. The molecular formula is C20H22N4O3. The Balaban J connectivity index is 1.70. The van der Waals surface area contributed by atoms with Gasteiger partial charge in [-0.05, 0) is 36.6 Å². The van der Waals surface area contributed by atoms with Gasteiger partial charge in [0.2, 0.25) is 5.82 Å². The van der Waals surface area contributed by atoms with Crippen LogP contribution in [0.25, 0.3) is 0 Å². The predicted molar refractivity (Wildman–Crippen MR) is 97.8 cm³/mol. The van der Waals surface area contributed by atoms with E-state index in [-0.39, 0.29) is 12.4 Å². The van der Waals surface area contributed by atoms with E-state index in [1.54, 1.807) is 19.4 Å². The van der Waals surface area contributed by atoms with E-state index in [0.717, 1.165) is 43.4 Å². The highest BCUT2D eigenvalue weighted by Gasteiger charge is 2.37. The maximum Gasteiger partial charge on any atom is 0.408 e. The number of carbonyl (C=O) groups is 1. The Morgan fingerprint density at radius 3 is 2.63 bits per heavy atom. The molecule has 7 heteroatoms. The lowest BCUT2D eigenvalue weighted by Gasteiger charge is -2.37. The number of hydrogen-bond donors (Lipinski definition) is 1. The number of benzene rings is 1. The van der Waals surface area contributed by atoms with Crippen LogP contribution >= 0.6 is 0 Å². The van der Waals surface area contributed by atoms with Crippen LogP contribution in [0.1, 0.15) is 49.2 Å². The smallest absolute Gasteiger partial charge is 0.408 e. The van der Waals surface area contributed by atoms with Crippen molar-refractivity contribution >= 4 is 6.09 Å². The molecular weight excluding hydrogens is 344 g/mol. The highest BCUT2D eigenvalue weighted by molar-refractivity contribution is 5.68. The van der Waals surface area contributed by atoms with Crippen LogP contribution in [0.5, 0.6) is 5.75 Å². The first-order valence-corrected chi connectivity index (χ1v) is 8.97. The van der Waals surface area contributed by atoms with Crippen LogP contribution < -0.4 is 10.1 Å². The van der Waals surface area contributed by atoms with Crippen molar-refractivity contribution in [2.24, 2.45) is 0 Å². The Morgan fingerprint density at radius 1 is 1.22 bits per heavy atom. The van der Waals surface area contributed by atoms with E-state index in [4.69, 9.17) is 14.7 Å². The minimum absolute atomic E-state index is 0.103. The van der Waals surface area contributed by atoms with E-state index in [0.29, 0.717) is 5.69 Å². The van der Waals surface area contributed by atoms with Gasteiger partial charge in [0.15, 0.2) is 0 Å². The summed E-state index contributed by atoms with van der Waals surface area (Å²) in [5, 5.41) is 12.1. The van der Waals surface area contributed by atoms with Crippen LogP contribution in [0.15, 0.2) is 36.5 Å². The molecule has 27 heavy (non-hydrogen) atoms. The molecule has 7 nitrogen and oxygen atoms in total. The summed E-state index contributed by atoms with van der Waals surface area (Å²) >= 11 is 0. The van der Waals surface area contributed by atoms with E-state index in [9.17, 15) is 4.79 Å². The normalized spacial score (nSPS) is 15.4. The van der Waals surface area contributed by atoms with Crippen LogP contribution in [0.3, 0.4) is 0 Å². The molecule has 1 fully saturated rings. The molecule has 2 aromatic rings. The summed E-state index contributed by atoms with van der Waals surface area (Å²) in [6, 6.07) is 11.1. The highest BCUT2D eigenvalue weighted by atomic mass is 16.5. The zero-order valence-electron chi connectivity index (χ0n) is 15.3. The number of carbonyl (C=O) groups excluding carboxylic acids is 1. The van der Waals surface area contributed by atoms with Gasteiger partial charge in [-0.2, -0.15) is 5.26 Å². The number of amides is 1. The second-order valence-electron chi connectivity index (χ2n) is 6.57. The minimum Gasteiger partial charge on any atom is -0.497 e. The lowest BCUT2D eigenvalue weighted by Crippen LogP contribution is -2.48. The highest BCUT2D eigenvalue weighted by Crippen LogP contribution is 2.36. The molecule has 3 rings (SSSR count). The fourth-order valence-electron chi connectivity index (χ4n) is 3.38. The number of alkyl carbamates (subject to hydrolysis) is 1. The minimum atomic E-state index is -0.621. The maximum atomic E-state index is 12.5. The monoisotopic (exact) mass is 366 g/mol. The van der Waals surface area contributed by atoms with Crippen molar-refractivity contribution in [3.63, 3.8) is 0 Å². The molecule has 0 radical (unpaired) electrons. The summed E-state index contributed by atoms with van der Waals surface area (Å²) in [5.41, 5.74) is 0.914. The van der Waals surface area contributed by atoms with Crippen molar-refractivity contribution in [2.75, 3.05) is 7.11 Å². The molecule has 1 aromatic carbocycles. The molecule has 140 valence electrons. The van der Waals surface area contributed by atoms with Crippen molar-refractivity contribution in [3.05, 3.63) is 53.6 Å². The molecule has 1 N–H and O–H groups in total. The summed E-state index contributed by atoms with van der Waals surface area (Å²) in [5.74, 6) is 0.854. The molecule has 1 amide bonds. The molecule has 0 bridgehead atoms. The Kier molecular flexibility index (Phi) is 5.87. The van der Waals surface area contributed by atoms with Gasteiger partial charge in [0.1, 0.15) is 18.4 Å². The fraction of sp³-hybridized carbons (Fsp3) is 0.400. The van der Waals surface area contributed by atoms with E-state index >= 15 is 0 Å². The van der Waals surface area contributed by atoms with Gasteiger partial charge < -0.3 is 14.8 Å². The number of methoxy groups -OCH3 is 1. The first-order chi connectivity index (χ1) is 13.1. The van der Waals surface area contributed by atoms with Gasteiger partial charge in [-0.15, -0.1) is 0 Å². The van der Waals surface area contributed by atoms with Gasteiger partial charge in [0.25, 0.3) is 0 Å². The van der Waals surface area contributed by atoms with Gasteiger partial charge in [0, 0.05) is 6.20 Å². The molecule has 0 aliphatic heterocycles. The van der Waals surface area contributed by atoms with E-state index in [2.05, 4.69) is 15.3 Å². The number of ether oxygens (including phenoxy) is 2. The van der Waals surface area contributed by atoms with Crippen molar-refractivity contribution in [2.45, 2.75) is 44.2 Å². The molecule has 0 atom stereocenters. The van der Waals surface area contributed by atoms with E-state index < -0.39 is 11.6 Å². The Morgan fingerprint density at radius 2 is 1.96 bits per heavy atom. The number of nitrogens with one attached hydrogen (secondary N) is 1. The fourth-order valence-corrected chi connectivity index (χ4v) is 3.38. The van der Waals surface area contributed by atoms with Crippen LogP contribution in [0.4, 0.5) is 4.79 Å². The first kappa shape index (κ1) is 18.6. The molecule has 0 unspecified atom stereocenters. The SMILES string of the molecule is COc1ccc(COC(=O)NC2(c3ccnc(C#N)n3)CCCCC2)cc1. The van der Waals surface area contributed by atoms with Crippen LogP contribution in [-0.4, -0.2) is 23.2 Å². The molecule has 0 spiro atoms. The van der Waals surface area contributed by atoms with Crippen molar-refractivity contribution in [3.8, 4) is 11.8 Å². The molecule has 1 aliphatic rings. The standard InChI is InChI=1S/C20H22N4O3/c1-26-16-7-5-15(6-8-16)14-27-19(25)24-20(10-3-2-4-11-20)17-9-12-22-18(13-21)23-17/h5-9,12H,2-4,10-11,14H2,1H3,(H,24,25). The number of nitriles is 1.